The van der Waals surface area contributed by atoms with Crippen molar-refractivity contribution in [2.45, 2.75) is 101 Å². The van der Waals surface area contributed by atoms with E-state index >= 15 is 0 Å². The lowest BCUT2D eigenvalue weighted by molar-refractivity contribution is -0.147. The Morgan fingerprint density at radius 3 is 2.49 bits per heavy atom. The number of nitrogens with two attached hydrogens (primary N) is 2. The number of aromatic nitrogens is 3. The fraction of sp³-hybridized carbons (Fsp3) is 0.769. The van der Waals surface area contributed by atoms with Crippen molar-refractivity contribution in [3.63, 3.8) is 0 Å². The molecule has 2 aliphatic heterocycles. The third kappa shape index (κ3) is 6.30. The molecule has 0 bridgehead atoms. The smallest absolute Gasteiger partial charge is 0.287 e. The second-order valence-corrected chi connectivity index (χ2v) is 11.7. The van der Waals surface area contributed by atoms with Crippen LogP contribution in [0.15, 0.2) is 6.20 Å². The first-order chi connectivity index (χ1) is 18.4. The monoisotopic (exact) mass is 547 g/mol. The molecular formula is C26H41N7O6. The molecule has 13 heteroatoms. The number of likely N-dealkylation sites (tertiary alicyclic amines) is 1. The fourth-order valence-electron chi connectivity index (χ4n) is 6.21. The minimum Gasteiger partial charge on any atom is -0.384 e. The first kappa shape index (κ1) is 29.1. The van der Waals surface area contributed by atoms with Crippen LogP contribution >= 0.6 is 0 Å². The summed E-state index contributed by atoms with van der Waals surface area (Å²) in [5.74, 6) is -2.59. The number of carbonyl (C=O) groups is 4. The second-order valence-electron chi connectivity index (χ2n) is 11.7. The molecule has 216 valence electrons. The average Bonchev–Trinajstić information content (AvgIpc) is 3.56. The fourth-order valence-corrected chi connectivity index (χ4v) is 6.21. The van der Waals surface area contributed by atoms with Crippen molar-refractivity contribution in [2.75, 3.05) is 19.8 Å². The molecule has 0 spiro atoms. The molecule has 3 atom stereocenters. The lowest BCUT2D eigenvalue weighted by Crippen LogP contribution is -2.63. The van der Waals surface area contributed by atoms with Gasteiger partial charge >= 0.3 is 0 Å². The molecule has 0 unspecified atom stereocenters. The number of ether oxygens (including phenoxy) is 1. The molecule has 1 aliphatic carbocycles. The van der Waals surface area contributed by atoms with Crippen LogP contribution < -0.4 is 16.8 Å². The minimum atomic E-state index is -1.50. The predicted octanol–water partition coefficient (Wildman–Crippen LogP) is -0.335. The predicted molar refractivity (Wildman–Crippen MR) is 139 cm³/mol. The molecule has 2 saturated heterocycles. The van der Waals surface area contributed by atoms with Crippen molar-refractivity contribution in [3.05, 3.63) is 11.9 Å². The SMILES string of the molecule is CC(C)(O)c1cnnn1[C@H]1C[C@@H](C(=O)NC2(C(=O)C(N)=O)CCOCC2)N(C(=O)[C@H](N)CC2CCCCC2)C1. The van der Waals surface area contributed by atoms with E-state index < -0.39 is 46.9 Å². The van der Waals surface area contributed by atoms with E-state index in [0.29, 0.717) is 18.0 Å². The molecule has 3 fully saturated rings. The van der Waals surface area contributed by atoms with Gasteiger partial charge in [-0.15, -0.1) is 5.10 Å². The van der Waals surface area contributed by atoms with E-state index in [0.717, 1.165) is 25.7 Å². The molecule has 3 heterocycles. The number of aliphatic hydroxyl groups is 1. The molecule has 3 amide bonds. The van der Waals surface area contributed by atoms with Gasteiger partial charge < -0.3 is 31.5 Å². The van der Waals surface area contributed by atoms with Crippen molar-refractivity contribution >= 4 is 23.5 Å². The van der Waals surface area contributed by atoms with Gasteiger partial charge in [-0.05, 0) is 26.2 Å². The van der Waals surface area contributed by atoms with Gasteiger partial charge in [0.1, 0.15) is 17.2 Å². The summed E-state index contributed by atoms with van der Waals surface area (Å²) in [5.41, 5.74) is 9.44. The topological polar surface area (TPSA) is 196 Å². The summed E-state index contributed by atoms with van der Waals surface area (Å²) in [6.45, 7) is 3.69. The molecule has 1 aromatic rings. The largest absolute Gasteiger partial charge is 0.384 e. The van der Waals surface area contributed by atoms with E-state index in [-0.39, 0.29) is 44.9 Å². The van der Waals surface area contributed by atoms with Gasteiger partial charge in [0, 0.05) is 39.0 Å². The minimum absolute atomic E-state index is 0.0950. The third-order valence-corrected chi connectivity index (χ3v) is 8.41. The maximum Gasteiger partial charge on any atom is 0.287 e. The van der Waals surface area contributed by atoms with E-state index in [1.54, 1.807) is 18.5 Å². The Morgan fingerprint density at radius 2 is 1.87 bits per heavy atom. The normalized spacial score (nSPS) is 24.8. The lowest BCUT2D eigenvalue weighted by atomic mass is 9.84. The maximum absolute atomic E-state index is 13.8. The van der Waals surface area contributed by atoms with Gasteiger partial charge in [-0.2, -0.15) is 0 Å². The molecule has 4 rings (SSSR count). The summed E-state index contributed by atoms with van der Waals surface area (Å²) < 4.78 is 6.90. The highest BCUT2D eigenvalue weighted by atomic mass is 16.5. The van der Waals surface area contributed by atoms with Crippen molar-refractivity contribution < 1.29 is 29.0 Å². The maximum atomic E-state index is 13.8. The van der Waals surface area contributed by atoms with Gasteiger partial charge in [0.25, 0.3) is 5.91 Å². The van der Waals surface area contributed by atoms with Crippen LogP contribution in [0.1, 0.15) is 83.4 Å². The zero-order chi connectivity index (χ0) is 28.4. The van der Waals surface area contributed by atoms with Gasteiger partial charge in [0.2, 0.25) is 17.6 Å². The summed E-state index contributed by atoms with van der Waals surface area (Å²) in [7, 11) is 0. The number of carbonyl (C=O) groups excluding carboxylic acids is 4. The van der Waals surface area contributed by atoms with E-state index in [9.17, 15) is 24.3 Å². The summed E-state index contributed by atoms with van der Waals surface area (Å²) in [6, 6.07) is -2.22. The highest BCUT2D eigenvalue weighted by Crippen LogP contribution is 2.34. The summed E-state index contributed by atoms with van der Waals surface area (Å²) in [4.78, 5) is 53.6. The van der Waals surface area contributed by atoms with Gasteiger partial charge in [-0.1, -0.05) is 37.3 Å². The second kappa shape index (κ2) is 11.7. The van der Waals surface area contributed by atoms with E-state index in [1.807, 2.05) is 0 Å². The standard InChI is InChI=1S/C26H41N7O6/c1-25(2,38)20-14-29-31-33(20)17-13-19(23(36)30-26(21(34)22(28)35)8-10-39-11-9-26)32(15-17)24(37)18(27)12-16-6-4-3-5-7-16/h14,16-19,38H,3-13,15,27H2,1-2H3,(H2,28,35)(H,30,36)/t17-,18+,19-/m0/s1. The summed E-state index contributed by atoms with van der Waals surface area (Å²) >= 11 is 0. The first-order valence-corrected chi connectivity index (χ1v) is 13.9. The summed E-state index contributed by atoms with van der Waals surface area (Å²) in [5, 5.41) is 21.5. The molecule has 13 nitrogen and oxygen atoms in total. The lowest BCUT2D eigenvalue weighted by Gasteiger charge is -2.37. The highest BCUT2D eigenvalue weighted by molar-refractivity contribution is 6.39. The van der Waals surface area contributed by atoms with E-state index in [1.165, 1.54) is 17.5 Å². The van der Waals surface area contributed by atoms with Gasteiger partial charge in [0.15, 0.2) is 0 Å². The molecular weight excluding hydrogens is 506 g/mol. The molecule has 6 N–H and O–H groups in total. The van der Waals surface area contributed by atoms with Crippen LogP contribution in [0.4, 0.5) is 0 Å². The van der Waals surface area contributed by atoms with Crippen molar-refractivity contribution in [1.82, 2.24) is 25.2 Å². The van der Waals surface area contributed by atoms with Crippen molar-refractivity contribution in [3.8, 4) is 0 Å². The Morgan fingerprint density at radius 1 is 1.21 bits per heavy atom. The Kier molecular flexibility index (Phi) is 8.72. The van der Waals surface area contributed by atoms with Crippen LogP contribution in [0.5, 0.6) is 0 Å². The van der Waals surface area contributed by atoms with Gasteiger partial charge in [0.05, 0.1) is 24.0 Å². The third-order valence-electron chi connectivity index (χ3n) is 8.41. The molecule has 39 heavy (non-hydrogen) atoms. The van der Waals surface area contributed by atoms with Gasteiger partial charge in [-0.3, -0.25) is 19.2 Å². The number of ketones is 1. The van der Waals surface area contributed by atoms with Crippen molar-refractivity contribution in [1.29, 1.82) is 0 Å². The quantitative estimate of drug-likeness (QED) is 0.299. The Hall–Kier alpha value is -2.90. The first-order valence-electron chi connectivity index (χ1n) is 13.9. The van der Waals surface area contributed by atoms with Crippen LogP contribution in [0.25, 0.3) is 0 Å². The van der Waals surface area contributed by atoms with Crippen LogP contribution in [-0.4, -0.2) is 85.9 Å². The Labute approximate surface area is 228 Å². The molecule has 0 aromatic carbocycles. The van der Waals surface area contributed by atoms with Crippen LogP contribution in [0.3, 0.4) is 0 Å². The number of hydrogen-bond acceptors (Lipinski definition) is 9. The molecule has 1 aromatic heterocycles. The van der Waals surface area contributed by atoms with Crippen LogP contribution in [0, 0.1) is 5.92 Å². The van der Waals surface area contributed by atoms with Crippen molar-refractivity contribution in [2.24, 2.45) is 17.4 Å². The molecule has 3 aliphatic rings. The average molecular weight is 548 g/mol. The molecule has 0 radical (unpaired) electrons. The Bertz CT molecular complexity index is 1070. The highest BCUT2D eigenvalue weighted by Gasteiger charge is 2.49. The number of nitrogens with zero attached hydrogens (tertiary/aromatic N) is 4. The van der Waals surface area contributed by atoms with Crippen LogP contribution in [-0.2, 0) is 29.5 Å². The number of hydrogen-bond donors (Lipinski definition) is 4. The number of Topliss-reactive ketones (excluding diaryl/α,β-unsaturated/α-hetero) is 1. The van der Waals surface area contributed by atoms with E-state index in [4.69, 9.17) is 16.2 Å². The van der Waals surface area contributed by atoms with Crippen LogP contribution in [0.2, 0.25) is 0 Å². The summed E-state index contributed by atoms with van der Waals surface area (Å²) in [6.07, 6.45) is 7.83. The number of rotatable bonds is 9. The zero-order valence-corrected chi connectivity index (χ0v) is 22.8. The molecule has 1 saturated carbocycles. The van der Waals surface area contributed by atoms with Gasteiger partial charge in [-0.25, -0.2) is 4.68 Å². The van der Waals surface area contributed by atoms with E-state index in [2.05, 4.69) is 15.6 Å². The Balaban J connectivity index is 1.60. The number of primary amides is 1. The number of amides is 3. The zero-order valence-electron chi connectivity index (χ0n) is 22.8. The number of nitrogens with one attached hydrogen (secondary N) is 1.